The predicted molar refractivity (Wildman–Crippen MR) is 103 cm³/mol. The number of methoxy groups -OCH3 is 1. The minimum absolute atomic E-state index is 0.0242. The molecule has 0 spiro atoms. The number of aromatic nitrogens is 2. The zero-order valence-corrected chi connectivity index (χ0v) is 16.2. The number of anilines is 1. The third-order valence-electron chi connectivity index (χ3n) is 4.01. The second kappa shape index (κ2) is 8.22. The fourth-order valence-corrected chi connectivity index (χ4v) is 3.38. The summed E-state index contributed by atoms with van der Waals surface area (Å²) in [5.74, 6) is 0.556. The van der Waals surface area contributed by atoms with Gasteiger partial charge < -0.3 is 9.15 Å². The third-order valence-corrected chi connectivity index (χ3v) is 5.76. The van der Waals surface area contributed by atoms with E-state index in [1.165, 1.54) is 12.1 Å². The Kier molecular flexibility index (Phi) is 5.74. The van der Waals surface area contributed by atoms with Gasteiger partial charge in [0.25, 0.3) is 0 Å². The summed E-state index contributed by atoms with van der Waals surface area (Å²) in [4.78, 5) is 12.4. The first-order valence-electron chi connectivity index (χ1n) is 8.51. The minimum Gasteiger partial charge on any atom is -0.497 e. The van der Waals surface area contributed by atoms with Gasteiger partial charge in [-0.3, -0.25) is 10.1 Å². The number of carbonyl (C=O) groups is 1. The van der Waals surface area contributed by atoms with Crippen LogP contribution in [0.3, 0.4) is 0 Å². The summed E-state index contributed by atoms with van der Waals surface area (Å²) in [6, 6.07) is 13.3. The summed E-state index contributed by atoms with van der Waals surface area (Å²) in [5.41, 5.74) is 1.33. The average Bonchev–Trinajstić information content (AvgIpc) is 3.16. The second-order valence-electron chi connectivity index (χ2n) is 5.92. The molecule has 0 fully saturated rings. The van der Waals surface area contributed by atoms with Gasteiger partial charge in [0.15, 0.2) is 9.84 Å². The first-order chi connectivity index (χ1) is 13.4. The molecule has 0 bridgehead atoms. The molecule has 0 saturated carbocycles. The highest BCUT2D eigenvalue weighted by molar-refractivity contribution is 7.91. The van der Waals surface area contributed by atoms with Crippen LogP contribution in [0.5, 0.6) is 5.75 Å². The first-order valence-corrected chi connectivity index (χ1v) is 10.2. The lowest BCUT2D eigenvalue weighted by Gasteiger charge is -2.04. The van der Waals surface area contributed by atoms with E-state index in [0.29, 0.717) is 11.3 Å². The number of sulfone groups is 1. The van der Waals surface area contributed by atoms with E-state index in [9.17, 15) is 13.2 Å². The van der Waals surface area contributed by atoms with E-state index >= 15 is 0 Å². The van der Waals surface area contributed by atoms with Crippen LogP contribution < -0.4 is 10.1 Å². The predicted octanol–water partition coefficient (Wildman–Crippen LogP) is 2.72. The Labute approximate surface area is 162 Å². The second-order valence-corrected chi connectivity index (χ2v) is 8.19. The molecule has 0 aliphatic carbocycles. The van der Waals surface area contributed by atoms with Crippen molar-refractivity contribution in [2.24, 2.45) is 0 Å². The molecule has 1 heterocycles. The smallest absolute Gasteiger partial charge is 0.322 e. The zero-order chi connectivity index (χ0) is 20.1. The molecule has 3 aromatic rings. The monoisotopic (exact) mass is 401 g/mol. The molecule has 2 aromatic carbocycles. The number of carbonyl (C=O) groups excluding carboxylic acids is 1. The summed E-state index contributed by atoms with van der Waals surface area (Å²) in [7, 11) is -1.72. The largest absolute Gasteiger partial charge is 0.497 e. The van der Waals surface area contributed by atoms with Crippen molar-refractivity contribution in [3.05, 3.63) is 54.1 Å². The molecule has 3 rings (SSSR count). The summed E-state index contributed by atoms with van der Waals surface area (Å²) < 4.78 is 34.3. The van der Waals surface area contributed by atoms with E-state index in [-0.39, 0.29) is 34.9 Å². The molecule has 28 heavy (non-hydrogen) atoms. The molecule has 0 aliphatic rings. The van der Waals surface area contributed by atoms with Crippen LogP contribution in [0.1, 0.15) is 12.5 Å². The number of ether oxygens (including phenoxy) is 1. The van der Waals surface area contributed by atoms with Gasteiger partial charge in [-0.05, 0) is 42.0 Å². The number of benzene rings is 2. The van der Waals surface area contributed by atoms with Gasteiger partial charge in [0, 0.05) is 5.56 Å². The normalized spacial score (nSPS) is 11.2. The van der Waals surface area contributed by atoms with Gasteiger partial charge in [0.05, 0.1) is 24.2 Å². The summed E-state index contributed by atoms with van der Waals surface area (Å²) in [6.07, 6.45) is 0.123. The van der Waals surface area contributed by atoms with Gasteiger partial charge in [-0.15, -0.1) is 5.10 Å². The molecule has 0 unspecified atom stereocenters. The van der Waals surface area contributed by atoms with E-state index < -0.39 is 9.84 Å². The van der Waals surface area contributed by atoms with Gasteiger partial charge in [-0.1, -0.05) is 24.2 Å². The van der Waals surface area contributed by atoms with Gasteiger partial charge in [0.2, 0.25) is 11.8 Å². The fraction of sp³-hybridized carbons (Fsp3) is 0.211. The molecular weight excluding hydrogens is 382 g/mol. The maximum absolute atomic E-state index is 12.2. The SMILES string of the molecule is CCS(=O)(=O)c1ccc(-c2nnc(NC(=O)Cc3cccc(OC)c3)o2)cc1. The molecule has 0 saturated heterocycles. The van der Waals surface area contributed by atoms with Crippen LogP contribution >= 0.6 is 0 Å². The van der Waals surface area contributed by atoms with Crippen molar-refractivity contribution in [2.75, 3.05) is 18.2 Å². The molecule has 0 aliphatic heterocycles. The van der Waals surface area contributed by atoms with Crippen molar-refractivity contribution in [1.82, 2.24) is 10.2 Å². The van der Waals surface area contributed by atoms with E-state index in [1.807, 2.05) is 6.07 Å². The van der Waals surface area contributed by atoms with E-state index in [0.717, 1.165) is 5.56 Å². The lowest BCUT2D eigenvalue weighted by atomic mass is 10.1. The molecule has 8 nitrogen and oxygen atoms in total. The highest BCUT2D eigenvalue weighted by Gasteiger charge is 2.15. The van der Waals surface area contributed by atoms with Crippen molar-refractivity contribution >= 4 is 21.8 Å². The first kappa shape index (κ1) is 19.6. The van der Waals surface area contributed by atoms with Crippen LogP contribution in [-0.4, -0.2) is 37.4 Å². The van der Waals surface area contributed by atoms with Crippen molar-refractivity contribution in [1.29, 1.82) is 0 Å². The quantitative estimate of drug-likeness (QED) is 0.648. The van der Waals surface area contributed by atoms with Gasteiger partial charge in [-0.2, -0.15) is 0 Å². The standard InChI is InChI=1S/C19H19N3O5S/c1-3-28(24,25)16-9-7-14(8-10-16)18-21-22-19(27-18)20-17(23)12-13-5-4-6-15(11-13)26-2/h4-11H,3,12H2,1-2H3,(H,20,22,23). The maximum atomic E-state index is 12.2. The van der Waals surface area contributed by atoms with E-state index in [1.54, 1.807) is 44.4 Å². The fourth-order valence-electron chi connectivity index (χ4n) is 2.49. The Bertz CT molecular complexity index is 1070. The summed E-state index contributed by atoms with van der Waals surface area (Å²) >= 11 is 0. The Hall–Kier alpha value is -3.20. The molecule has 0 radical (unpaired) electrons. The average molecular weight is 401 g/mol. The van der Waals surface area contributed by atoms with Gasteiger partial charge >= 0.3 is 6.01 Å². The topological polar surface area (TPSA) is 111 Å². The Morgan fingerprint density at radius 3 is 2.57 bits per heavy atom. The number of rotatable bonds is 7. The van der Waals surface area contributed by atoms with E-state index in [2.05, 4.69) is 15.5 Å². The molecule has 146 valence electrons. The Morgan fingerprint density at radius 2 is 1.89 bits per heavy atom. The van der Waals surface area contributed by atoms with Crippen LogP contribution in [0.4, 0.5) is 6.01 Å². The van der Waals surface area contributed by atoms with Crippen molar-refractivity contribution in [3.8, 4) is 17.2 Å². The highest BCUT2D eigenvalue weighted by atomic mass is 32.2. The van der Waals surface area contributed by atoms with Crippen LogP contribution in [-0.2, 0) is 21.1 Å². The zero-order valence-electron chi connectivity index (χ0n) is 15.4. The van der Waals surface area contributed by atoms with Crippen LogP contribution in [0.2, 0.25) is 0 Å². The molecule has 1 amide bonds. The third kappa shape index (κ3) is 4.55. The number of nitrogens with one attached hydrogen (secondary N) is 1. The number of nitrogens with zero attached hydrogens (tertiary/aromatic N) is 2. The van der Waals surface area contributed by atoms with Crippen LogP contribution in [0.25, 0.3) is 11.5 Å². The van der Waals surface area contributed by atoms with Crippen molar-refractivity contribution in [3.63, 3.8) is 0 Å². The van der Waals surface area contributed by atoms with Crippen LogP contribution in [0.15, 0.2) is 57.8 Å². The van der Waals surface area contributed by atoms with E-state index in [4.69, 9.17) is 9.15 Å². The highest BCUT2D eigenvalue weighted by Crippen LogP contribution is 2.22. The summed E-state index contributed by atoms with van der Waals surface area (Å²) in [6.45, 7) is 1.59. The molecule has 1 aromatic heterocycles. The minimum atomic E-state index is -3.28. The number of hydrogen-bond acceptors (Lipinski definition) is 7. The Balaban J connectivity index is 1.67. The van der Waals surface area contributed by atoms with Crippen molar-refractivity contribution < 1.29 is 22.4 Å². The number of amides is 1. The molecule has 0 atom stereocenters. The molecule has 9 heteroatoms. The Morgan fingerprint density at radius 1 is 1.14 bits per heavy atom. The lowest BCUT2D eigenvalue weighted by Crippen LogP contribution is -2.14. The number of hydrogen-bond donors (Lipinski definition) is 1. The summed E-state index contributed by atoms with van der Waals surface area (Å²) in [5, 5.41) is 10.2. The molecule has 1 N–H and O–H groups in total. The lowest BCUT2D eigenvalue weighted by molar-refractivity contribution is -0.115. The van der Waals surface area contributed by atoms with Gasteiger partial charge in [-0.25, -0.2) is 8.42 Å². The van der Waals surface area contributed by atoms with Crippen LogP contribution in [0, 0.1) is 0 Å². The molecular formula is C19H19N3O5S. The van der Waals surface area contributed by atoms with Crippen molar-refractivity contribution in [2.45, 2.75) is 18.2 Å². The van der Waals surface area contributed by atoms with Gasteiger partial charge in [0.1, 0.15) is 5.75 Å². The maximum Gasteiger partial charge on any atom is 0.322 e.